The van der Waals surface area contributed by atoms with Gasteiger partial charge in [-0.15, -0.1) is 0 Å². The number of nitrogen functional groups attached to an aromatic ring is 1. The van der Waals surface area contributed by atoms with Gasteiger partial charge in [-0.25, -0.2) is 8.42 Å². The second-order valence-corrected chi connectivity index (χ2v) is 6.74. The van der Waals surface area contributed by atoms with E-state index < -0.39 is 9.84 Å². The average molecular weight is 307 g/mol. The monoisotopic (exact) mass is 307 g/mol. The Morgan fingerprint density at radius 3 is 2.24 bits per heavy atom. The number of nitrogens with two attached hydrogens (primary N) is 1. The molecule has 0 aliphatic carbocycles. The molecule has 0 radical (unpaired) electrons. The third-order valence-corrected chi connectivity index (χ3v) is 4.06. The molecular formula is C15H17NO4S. The zero-order valence-electron chi connectivity index (χ0n) is 12.1. The lowest BCUT2D eigenvalue weighted by atomic mass is 10.2. The standard InChI is InChI=1S/C15H17NO4S/c1-10-4-6-14(15(8-10)19-2)20-13-7-5-11(9-12(13)16)21(3,17)18/h4-9H,16H2,1-3H3. The van der Waals surface area contributed by atoms with Crippen LogP contribution in [-0.4, -0.2) is 21.8 Å². The topological polar surface area (TPSA) is 78.6 Å². The highest BCUT2D eigenvalue weighted by Crippen LogP contribution is 2.35. The molecule has 0 aliphatic rings. The lowest BCUT2D eigenvalue weighted by Gasteiger charge is -2.13. The van der Waals surface area contributed by atoms with Crippen LogP contribution in [0.1, 0.15) is 5.56 Å². The van der Waals surface area contributed by atoms with Gasteiger partial charge in [0.1, 0.15) is 0 Å². The lowest BCUT2D eigenvalue weighted by Crippen LogP contribution is -2.00. The second-order valence-electron chi connectivity index (χ2n) is 4.73. The van der Waals surface area contributed by atoms with Crippen molar-refractivity contribution in [1.29, 1.82) is 0 Å². The Kier molecular flexibility index (Phi) is 4.09. The molecule has 0 heterocycles. The Morgan fingerprint density at radius 2 is 1.67 bits per heavy atom. The number of hydrogen-bond acceptors (Lipinski definition) is 5. The molecule has 2 aromatic carbocycles. The van der Waals surface area contributed by atoms with E-state index in [1.165, 1.54) is 18.2 Å². The van der Waals surface area contributed by atoms with Crippen molar-refractivity contribution in [3.05, 3.63) is 42.0 Å². The summed E-state index contributed by atoms with van der Waals surface area (Å²) in [5, 5.41) is 0. The normalized spacial score (nSPS) is 11.2. The van der Waals surface area contributed by atoms with Crippen molar-refractivity contribution < 1.29 is 17.9 Å². The van der Waals surface area contributed by atoms with Gasteiger partial charge >= 0.3 is 0 Å². The van der Waals surface area contributed by atoms with Crippen LogP contribution in [0.4, 0.5) is 5.69 Å². The first-order valence-corrected chi connectivity index (χ1v) is 8.12. The molecule has 0 aliphatic heterocycles. The van der Waals surface area contributed by atoms with E-state index in [9.17, 15) is 8.42 Å². The van der Waals surface area contributed by atoms with E-state index >= 15 is 0 Å². The van der Waals surface area contributed by atoms with E-state index in [1.807, 2.05) is 19.1 Å². The first-order valence-electron chi connectivity index (χ1n) is 6.23. The first-order chi connectivity index (χ1) is 9.81. The van der Waals surface area contributed by atoms with Gasteiger partial charge < -0.3 is 15.2 Å². The van der Waals surface area contributed by atoms with Crippen LogP contribution in [0, 0.1) is 6.92 Å². The van der Waals surface area contributed by atoms with E-state index in [2.05, 4.69) is 0 Å². The zero-order chi connectivity index (χ0) is 15.6. The van der Waals surface area contributed by atoms with Gasteiger partial charge in [-0.1, -0.05) is 6.07 Å². The molecule has 0 atom stereocenters. The summed E-state index contributed by atoms with van der Waals surface area (Å²) in [5.74, 6) is 1.48. The van der Waals surface area contributed by atoms with Gasteiger partial charge in [0.05, 0.1) is 17.7 Å². The number of aryl methyl sites for hydroxylation is 1. The fraction of sp³-hybridized carbons (Fsp3) is 0.200. The molecule has 5 nitrogen and oxygen atoms in total. The third kappa shape index (κ3) is 3.46. The summed E-state index contributed by atoms with van der Waals surface area (Å²) in [6, 6.07) is 9.88. The minimum Gasteiger partial charge on any atom is -0.493 e. The molecule has 2 N–H and O–H groups in total. The number of rotatable bonds is 4. The highest BCUT2D eigenvalue weighted by Gasteiger charge is 2.12. The molecule has 0 saturated heterocycles. The Labute approximate surface area is 124 Å². The summed E-state index contributed by atoms with van der Waals surface area (Å²) in [6.45, 7) is 1.95. The van der Waals surface area contributed by atoms with Gasteiger partial charge in [0, 0.05) is 6.26 Å². The van der Waals surface area contributed by atoms with Crippen LogP contribution >= 0.6 is 0 Å². The van der Waals surface area contributed by atoms with Crippen molar-refractivity contribution in [1.82, 2.24) is 0 Å². The van der Waals surface area contributed by atoms with Crippen LogP contribution in [0.5, 0.6) is 17.2 Å². The van der Waals surface area contributed by atoms with Crippen molar-refractivity contribution in [2.45, 2.75) is 11.8 Å². The van der Waals surface area contributed by atoms with E-state index in [0.717, 1.165) is 11.8 Å². The number of methoxy groups -OCH3 is 1. The van der Waals surface area contributed by atoms with E-state index in [0.29, 0.717) is 17.2 Å². The zero-order valence-corrected chi connectivity index (χ0v) is 12.9. The molecule has 2 aromatic rings. The van der Waals surface area contributed by atoms with Gasteiger partial charge in [0.2, 0.25) is 0 Å². The van der Waals surface area contributed by atoms with E-state index in [4.69, 9.17) is 15.2 Å². The predicted molar refractivity (Wildman–Crippen MR) is 81.8 cm³/mol. The van der Waals surface area contributed by atoms with Crippen molar-refractivity contribution in [2.75, 3.05) is 19.1 Å². The molecular weight excluding hydrogens is 290 g/mol. The summed E-state index contributed by atoms with van der Waals surface area (Å²) in [6.07, 6.45) is 1.13. The van der Waals surface area contributed by atoms with Crippen LogP contribution in [0.25, 0.3) is 0 Å². The summed E-state index contributed by atoms with van der Waals surface area (Å²) in [4.78, 5) is 0.156. The Hall–Kier alpha value is -2.21. The Balaban J connectivity index is 2.37. The highest BCUT2D eigenvalue weighted by atomic mass is 32.2. The van der Waals surface area contributed by atoms with Crippen LogP contribution in [0.15, 0.2) is 41.3 Å². The summed E-state index contributed by atoms with van der Waals surface area (Å²) in [7, 11) is -1.74. The maximum atomic E-state index is 11.5. The van der Waals surface area contributed by atoms with E-state index in [-0.39, 0.29) is 10.6 Å². The van der Waals surface area contributed by atoms with Crippen molar-refractivity contribution >= 4 is 15.5 Å². The van der Waals surface area contributed by atoms with Gasteiger partial charge in [-0.05, 0) is 42.8 Å². The molecule has 0 saturated carbocycles. The Morgan fingerprint density at radius 1 is 1.00 bits per heavy atom. The quantitative estimate of drug-likeness (QED) is 0.879. The van der Waals surface area contributed by atoms with Crippen molar-refractivity contribution in [2.24, 2.45) is 0 Å². The summed E-state index contributed by atoms with van der Waals surface area (Å²) >= 11 is 0. The minimum absolute atomic E-state index is 0.156. The summed E-state index contributed by atoms with van der Waals surface area (Å²) in [5.41, 5.74) is 7.15. The molecule has 21 heavy (non-hydrogen) atoms. The van der Waals surface area contributed by atoms with Crippen LogP contribution in [0.3, 0.4) is 0 Å². The molecule has 112 valence electrons. The third-order valence-electron chi connectivity index (χ3n) is 2.95. The summed E-state index contributed by atoms with van der Waals surface area (Å²) < 4.78 is 33.9. The minimum atomic E-state index is -3.29. The van der Waals surface area contributed by atoms with Crippen LogP contribution < -0.4 is 15.2 Å². The number of anilines is 1. The average Bonchev–Trinajstić information content (AvgIpc) is 2.41. The van der Waals surface area contributed by atoms with Crippen LogP contribution in [-0.2, 0) is 9.84 Å². The van der Waals surface area contributed by atoms with E-state index in [1.54, 1.807) is 13.2 Å². The molecule has 6 heteroatoms. The van der Waals surface area contributed by atoms with Gasteiger partial charge in [-0.2, -0.15) is 0 Å². The molecule has 0 fully saturated rings. The smallest absolute Gasteiger partial charge is 0.175 e. The highest BCUT2D eigenvalue weighted by molar-refractivity contribution is 7.90. The Bertz CT molecular complexity index is 769. The van der Waals surface area contributed by atoms with Crippen molar-refractivity contribution in [3.63, 3.8) is 0 Å². The first kappa shape index (κ1) is 15.2. The fourth-order valence-corrected chi connectivity index (χ4v) is 2.48. The maximum Gasteiger partial charge on any atom is 0.175 e. The van der Waals surface area contributed by atoms with Crippen LogP contribution in [0.2, 0.25) is 0 Å². The number of hydrogen-bond donors (Lipinski definition) is 1. The fourth-order valence-electron chi connectivity index (χ4n) is 1.83. The largest absolute Gasteiger partial charge is 0.493 e. The molecule has 0 spiro atoms. The van der Waals surface area contributed by atoms with Gasteiger partial charge in [0.15, 0.2) is 27.1 Å². The second kappa shape index (κ2) is 5.65. The molecule has 2 rings (SSSR count). The van der Waals surface area contributed by atoms with Gasteiger partial charge in [-0.3, -0.25) is 0 Å². The molecule has 0 bridgehead atoms. The number of sulfone groups is 1. The predicted octanol–water partition coefficient (Wildman–Crippen LogP) is 2.78. The molecule has 0 amide bonds. The van der Waals surface area contributed by atoms with Gasteiger partial charge in [0.25, 0.3) is 0 Å². The SMILES string of the molecule is COc1cc(C)ccc1Oc1ccc(S(C)(=O)=O)cc1N. The number of benzene rings is 2. The van der Waals surface area contributed by atoms with Crippen molar-refractivity contribution in [3.8, 4) is 17.2 Å². The molecule has 0 aromatic heterocycles. The molecule has 0 unspecified atom stereocenters. The number of ether oxygens (including phenoxy) is 2. The maximum absolute atomic E-state index is 11.5. The lowest BCUT2D eigenvalue weighted by molar-refractivity contribution is 0.379.